The van der Waals surface area contributed by atoms with Crippen LogP contribution in [0, 0.1) is 5.92 Å². The number of nitrogens with one attached hydrogen (secondary N) is 1. The number of amides is 2. The summed E-state index contributed by atoms with van der Waals surface area (Å²) in [5.74, 6) is -1.21. The van der Waals surface area contributed by atoms with Gasteiger partial charge in [0.2, 0.25) is 5.91 Å². The molecule has 6 nitrogen and oxygen atoms in total. The average Bonchev–Trinajstić information content (AvgIpc) is 2.63. The molecule has 0 unspecified atom stereocenters. The molecule has 1 saturated heterocycles. The van der Waals surface area contributed by atoms with Crippen molar-refractivity contribution >= 4 is 17.8 Å². The van der Waals surface area contributed by atoms with E-state index in [0.717, 1.165) is 12.8 Å². The standard InChI is InChI=1S/C19H26N2O4/c1-3-13(4-2)18(23)21-11-9-14(10-12-21)20-17(22)15-7-5-6-8-16(15)19(24)25/h5-8,13-14H,3-4,9-12H2,1-2H3,(H,20,22)(H,24,25). The third-order valence-electron chi connectivity index (χ3n) is 4.88. The number of likely N-dealkylation sites (tertiary alicyclic amines) is 1. The van der Waals surface area contributed by atoms with Gasteiger partial charge in [-0.2, -0.15) is 0 Å². The van der Waals surface area contributed by atoms with Crippen molar-refractivity contribution in [1.82, 2.24) is 10.2 Å². The molecule has 0 aliphatic carbocycles. The number of benzene rings is 1. The fourth-order valence-corrected chi connectivity index (χ4v) is 3.27. The molecule has 0 bridgehead atoms. The van der Waals surface area contributed by atoms with Crippen LogP contribution in [-0.4, -0.2) is 46.9 Å². The minimum absolute atomic E-state index is 0.00125. The van der Waals surface area contributed by atoms with Crippen LogP contribution in [0.5, 0.6) is 0 Å². The number of aromatic carboxylic acids is 1. The summed E-state index contributed by atoms with van der Waals surface area (Å²) < 4.78 is 0. The van der Waals surface area contributed by atoms with Crippen molar-refractivity contribution in [1.29, 1.82) is 0 Å². The van der Waals surface area contributed by atoms with E-state index in [0.29, 0.717) is 25.9 Å². The lowest BCUT2D eigenvalue weighted by Crippen LogP contribution is -2.48. The molecule has 0 atom stereocenters. The predicted octanol–water partition coefficient (Wildman–Crippen LogP) is 2.54. The third kappa shape index (κ3) is 4.59. The van der Waals surface area contributed by atoms with Crippen LogP contribution in [0.15, 0.2) is 24.3 Å². The van der Waals surface area contributed by atoms with Gasteiger partial charge in [-0.1, -0.05) is 26.0 Å². The van der Waals surface area contributed by atoms with Crippen LogP contribution in [0.3, 0.4) is 0 Å². The summed E-state index contributed by atoms with van der Waals surface area (Å²) in [6, 6.07) is 6.15. The van der Waals surface area contributed by atoms with Gasteiger partial charge < -0.3 is 15.3 Å². The van der Waals surface area contributed by atoms with Crippen LogP contribution in [0.2, 0.25) is 0 Å². The fourth-order valence-electron chi connectivity index (χ4n) is 3.27. The van der Waals surface area contributed by atoms with Gasteiger partial charge in [-0.15, -0.1) is 0 Å². The maximum absolute atomic E-state index is 12.4. The molecular formula is C19H26N2O4. The normalized spacial score (nSPS) is 15.2. The van der Waals surface area contributed by atoms with E-state index in [4.69, 9.17) is 0 Å². The molecule has 0 spiro atoms. The first-order valence-corrected chi connectivity index (χ1v) is 8.89. The largest absolute Gasteiger partial charge is 0.478 e. The highest BCUT2D eigenvalue weighted by atomic mass is 16.4. The molecule has 1 fully saturated rings. The zero-order valence-corrected chi connectivity index (χ0v) is 14.8. The van der Waals surface area contributed by atoms with Gasteiger partial charge in [-0.05, 0) is 37.8 Å². The van der Waals surface area contributed by atoms with Crippen molar-refractivity contribution in [3.63, 3.8) is 0 Å². The van der Waals surface area contributed by atoms with Crippen LogP contribution < -0.4 is 5.32 Å². The SMILES string of the molecule is CCC(CC)C(=O)N1CCC(NC(=O)c2ccccc2C(=O)O)CC1. The molecule has 25 heavy (non-hydrogen) atoms. The van der Waals surface area contributed by atoms with Crippen molar-refractivity contribution in [3.05, 3.63) is 35.4 Å². The van der Waals surface area contributed by atoms with Crippen molar-refractivity contribution < 1.29 is 19.5 Å². The van der Waals surface area contributed by atoms with E-state index in [1.165, 1.54) is 12.1 Å². The maximum Gasteiger partial charge on any atom is 0.336 e. The van der Waals surface area contributed by atoms with Crippen LogP contribution in [0.1, 0.15) is 60.2 Å². The molecule has 6 heteroatoms. The molecule has 2 N–H and O–H groups in total. The smallest absolute Gasteiger partial charge is 0.336 e. The number of carbonyl (C=O) groups excluding carboxylic acids is 2. The van der Waals surface area contributed by atoms with Crippen LogP contribution in [0.25, 0.3) is 0 Å². The number of carbonyl (C=O) groups is 3. The molecule has 0 aromatic heterocycles. The molecule has 2 rings (SSSR count). The van der Waals surface area contributed by atoms with Crippen molar-refractivity contribution in [2.24, 2.45) is 5.92 Å². The zero-order valence-electron chi connectivity index (χ0n) is 14.8. The number of hydrogen-bond donors (Lipinski definition) is 2. The first-order chi connectivity index (χ1) is 12.0. The molecule has 136 valence electrons. The molecule has 2 amide bonds. The van der Waals surface area contributed by atoms with Crippen molar-refractivity contribution in [3.8, 4) is 0 Å². The van der Waals surface area contributed by atoms with E-state index in [2.05, 4.69) is 5.32 Å². The fraction of sp³-hybridized carbons (Fsp3) is 0.526. The van der Waals surface area contributed by atoms with Gasteiger partial charge in [-0.3, -0.25) is 9.59 Å². The highest BCUT2D eigenvalue weighted by Crippen LogP contribution is 2.18. The molecule has 1 heterocycles. The van der Waals surface area contributed by atoms with Crippen LogP contribution in [0.4, 0.5) is 0 Å². The zero-order chi connectivity index (χ0) is 18.4. The van der Waals surface area contributed by atoms with Gasteiger partial charge in [0.25, 0.3) is 5.91 Å². The second-order valence-corrected chi connectivity index (χ2v) is 6.44. The van der Waals surface area contributed by atoms with E-state index in [1.807, 2.05) is 18.7 Å². The summed E-state index contributed by atoms with van der Waals surface area (Å²) in [4.78, 5) is 37.9. The number of rotatable bonds is 6. The quantitative estimate of drug-likeness (QED) is 0.829. The van der Waals surface area contributed by atoms with E-state index in [1.54, 1.807) is 12.1 Å². The van der Waals surface area contributed by atoms with Gasteiger partial charge >= 0.3 is 5.97 Å². The Labute approximate surface area is 148 Å². The second-order valence-electron chi connectivity index (χ2n) is 6.44. The third-order valence-corrected chi connectivity index (χ3v) is 4.88. The van der Waals surface area contributed by atoms with Crippen molar-refractivity contribution in [2.75, 3.05) is 13.1 Å². The lowest BCUT2D eigenvalue weighted by molar-refractivity contribution is -0.136. The monoisotopic (exact) mass is 346 g/mol. The Kier molecular flexibility index (Phi) is 6.56. The highest BCUT2D eigenvalue weighted by molar-refractivity contribution is 6.04. The van der Waals surface area contributed by atoms with E-state index in [9.17, 15) is 19.5 Å². The van der Waals surface area contributed by atoms with Gasteiger partial charge in [0.1, 0.15) is 0 Å². The van der Waals surface area contributed by atoms with Gasteiger partial charge in [0.15, 0.2) is 0 Å². The summed E-state index contributed by atoms with van der Waals surface area (Å²) >= 11 is 0. The van der Waals surface area contributed by atoms with E-state index in [-0.39, 0.29) is 34.9 Å². The number of piperidine rings is 1. The summed E-state index contributed by atoms with van der Waals surface area (Å²) in [5.41, 5.74) is 0.173. The van der Waals surface area contributed by atoms with Gasteiger partial charge in [0, 0.05) is 25.0 Å². The average molecular weight is 346 g/mol. The minimum atomic E-state index is -1.11. The predicted molar refractivity (Wildman–Crippen MR) is 94.5 cm³/mol. The van der Waals surface area contributed by atoms with Crippen LogP contribution >= 0.6 is 0 Å². The van der Waals surface area contributed by atoms with Gasteiger partial charge in [-0.25, -0.2) is 4.79 Å². The molecular weight excluding hydrogens is 320 g/mol. The summed E-state index contributed by atoms with van der Waals surface area (Å²) in [5, 5.41) is 12.1. The summed E-state index contributed by atoms with van der Waals surface area (Å²) in [7, 11) is 0. The summed E-state index contributed by atoms with van der Waals surface area (Å²) in [6.07, 6.45) is 3.07. The molecule has 1 aromatic rings. The number of hydrogen-bond acceptors (Lipinski definition) is 3. The Morgan fingerprint density at radius 2 is 1.68 bits per heavy atom. The Morgan fingerprint density at radius 1 is 1.12 bits per heavy atom. The van der Waals surface area contributed by atoms with E-state index < -0.39 is 5.97 Å². The topological polar surface area (TPSA) is 86.7 Å². The van der Waals surface area contributed by atoms with Crippen molar-refractivity contribution in [2.45, 2.75) is 45.6 Å². The molecule has 0 radical (unpaired) electrons. The molecule has 1 aliphatic rings. The first kappa shape index (κ1) is 19.0. The Bertz CT molecular complexity index is 632. The lowest BCUT2D eigenvalue weighted by atomic mass is 9.98. The number of carboxylic acid groups (broad SMARTS) is 1. The lowest BCUT2D eigenvalue weighted by Gasteiger charge is -2.34. The van der Waals surface area contributed by atoms with E-state index >= 15 is 0 Å². The maximum atomic E-state index is 12.4. The number of carboxylic acids is 1. The first-order valence-electron chi connectivity index (χ1n) is 8.89. The van der Waals surface area contributed by atoms with Gasteiger partial charge in [0.05, 0.1) is 11.1 Å². The Hall–Kier alpha value is -2.37. The molecule has 0 saturated carbocycles. The Morgan fingerprint density at radius 3 is 2.20 bits per heavy atom. The van der Waals surface area contributed by atoms with Crippen LogP contribution in [-0.2, 0) is 4.79 Å². The molecule has 1 aliphatic heterocycles. The molecule has 1 aromatic carbocycles. The number of nitrogens with zero attached hydrogens (tertiary/aromatic N) is 1. The summed E-state index contributed by atoms with van der Waals surface area (Å²) in [6.45, 7) is 5.31. The minimum Gasteiger partial charge on any atom is -0.478 e. The highest BCUT2D eigenvalue weighted by Gasteiger charge is 2.27. The Balaban J connectivity index is 1.93. The second kappa shape index (κ2) is 8.65.